The number of hydrogen-bond donors (Lipinski definition) is 0. The fraction of sp³-hybridized carbons (Fsp3) is 0.519. The molecule has 0 aliphatic carbocycles. The van der Waals surface area contributed by atoms with Gasteiger partial charge in [-0.2, -0.15) is 11.8 Å². The third-order valence-electron chi connectivity index (χ3n) is 6.49. The molecule has 0 bridgehead atoms. The molecule has 3 nitrogen and oxygen atoms in total. The van der Waals surface area contributed by atoms with Crippen molar-refractivity contribution in [1.82, 2.24) is 4.90 Å². The molecule has 1 heterocycles. The molecule has 1 amide bonds. The molecule has 168 valence electrons. The lowest BCUT2D eigenvalue weighted by atomic mass is 9.79. The number of nitrogens with zero attached hydrogens (tertiary/aromatic N) is 1. The fourth-order valence-electron chi connectivity index (χ4n) is 4.26. The van der Waals surface area contributed by atoms with Crippen molar-refractivity contribution in [2.45, 2.75) is 65.0 Å². The molecule has 3 atom stereocenters. The maximum atomic E-state index is 13.9. The van der Waals surface area contributed by atoms with E-state index < -0.39 is 5.41 Å². The van der Waals surface area contributed by atoms with E-state index in [0.29, 0.717) is 12.5 Å². The van der Waals surface area contributed by atoms with Crippen molar-refractivity contribution in [3.05, 3.63) is 71.8 Å². The molecule has 4 heteroatoms. The van der Waals surface area contributed by atoms with Crippen LogP contribution >= 0.6 is 11.8 Å². The number of ether oxygens (including phenoxy) is 1. The van der Waals surface area contributed by atoms with Crippen molar-refractivity contribution in [3.63, 3.8) is 0 Å². The van der Waals surface area contributed by atoms with Gasteiger partial charge in [-0.15, -0.1) is 0 Å². The lowest BCUT2D eigenvalue weighted by molar-refractivity contribution is -0.149. The van der Waals surface area contributed by atoms with Crippen molar-refractivity contribution >= 4 is 17.7 Å². The molecule has 0 unspecified atom stereocenters. The Bertz CT molecular complexity index is 811. The monoisotopic (exact) mass is 439 g/mol. The van der Waals surface area contributed by atoms with Gasteiger partial charge in [0, 0.05) is 12.2 Å². The quantitative estimate of drug-likeness (QED) is 0.414. The van der Waals surface area contributed by atoms with E-state index in [1.807, 2.05) is 17.8 Å². The average Bonchev–Trinajstić information content (AvgIpc) is 3.21. The van der Waals surface area contributed by atoms with Crippen molar-refractivity contribution < 1.29 is 9.53 Å². The van der Waals surface area contributed by atoms with Crippen LogP contribution in [0.2, 0.25) is 0 Å². The summed E-state index contributed by atoms with van der Waals surface area (Å²) in [5.41, 5.74) is 2.14. The summed E-state index contributed by atoms with van der Waals surface area (Å²) in [6.45, 7) is 9.29. The highest BCUT2D eigenvalue weighted by atomic mass is 32.2. The van der Waals surface area contributed by atoms with E-state index in [4.69, 9.17) is 4.74 Å². The SMILES string of the molecule is CC[C@](C)(Cc1ccccc1)C(=O)N1[C@@H](C(C)C)CO[C@@H]1CCSCc1ccccc1. The second-order valence-corrected chi connectivity index (χ2v) is 10.3. The fourth-order valence-corrected chi connectivity index (χ4v) is 5.20. The Hall–Kier alpha value is -1.78. The van der Waals surface area contributed by atoms with E-state index in [1.165, 1.54) is 11.1 Å². The predicted octanol–water partition coefficient (Wildman–Crippen LogP) is 6.18. The maximum Gasteiger partial charge on any atom is 0.231 e. The van der Waals surface area contributed by atoms with Gasteiger partial charge in [-0.25, -0.2) is 0 Å². The van der Waals surface area contributed by atoms with E-state index in [9.17, 15) is 4.79 Å². The Kier molecular flexibility index (Phi) is 8.62. The third-order valence-corrected chi connectivity index (χ3v) is 7.55. The van der Waals surface area contributed by atoms with Crippen LogP contribution in [-0.2, 0) is 21.7 Å². The Labute approximate surface area is 192 Å². The van der Waals surface area contributed by atoms with E-state index in [2.05, 4.69) is 87.2 Å². The van der Waals surface area contributed by atoms with Gasteiger partial charge in [0.15, 0.2) is 0 Å². The van der Waals surface area contributed by atoms with Gasteiger partial charge in [0.1, 0.15) is 6.23 Å². The highest BCUT2D eigenvalue weighted by Crippen LogP contribution is 2.35. The molecule has 3 rings (SSSR count). The first-order chi connectivity index (χ1) is 14.9. The van der Waals surface area contributed by atoms with Crippen LogP contribution in [0.3, 0.4) is 0 Å². The summed E-state index contributed by atoms with van der Waals surface area (Å²) in [4.78, 5) is 16.0. The average molecular weight is 440 g/mol. The summed E-state index contributed by atoms with van der Waals surface area (Å²) in [5.74, 6) is 2.60. The van der Waals surface area contributed by atoms with Gasteiger partial charge in [0.25, 0.3) is 0 Å². The van der Waals surface area contributed by atoms with E-state index in [-0.39, 0.29) is 18.2 Å². The Morgan fingerprint density at radius 2 is 1.71 bits per heavy atom. The number of hydrogen-bond acceptors (Lipinski definition) is 3. The van der Waals surface area contributed by atoms with Crippen LogP contribution in [-0.4, -0.2) is 35.4 Å². The molecule has 1 fully saturated rings. The molecule has 0 spiro atoms. The van der Waals surface area contributed by atoms with Crippen LogP contribution in [0.1, 0.15) is 51.7 Å². The van der Waals surface area contributed by atoms with E-state index in [1.54, 1.807) is 0 Å². The van der Waals surface area contributed by atoms with E-state index >= 15 is 0 Å². The molecule has 31 heavy (non-hydrogen) atoms. The molecule has 0 aromatic heterocycles. The van der Waals surface area contributed by atoms with Gasteiger partial charge in [-0.3, -0.25) is 4.79 Å². The Morgan fingerprint density at radius 1 is 1.10 bits per heavy atom. The minimum Gasteiger partial charge on any atom is -0.356 e. The van der Waals surface area contributed by atoms with Gasteiger partial charge < -0.3 is 9.64 Å². The van der Waals surface area contributed by atoms with Crippen molar-refractivity contribution in [1.29, 1.82) is 0 Å². The summed E-state index contributed by atoms with van der Waals surface area (Å²) >= 11 is 1.91. The van der Waals surface area contributed by atoms with Gasteiger partial charge in [0.05, 0.1) is 18.1 Å². The second-order valence-electron chi connectivity index (χ2n) is 9.22. The Balaban J connectivity index is 1.67. The van der Waals surface area contributed by atoms with Crippen LogP contribution in [0, 0.1) is 11.3 Å². The number of rotatable bonds is 10. The molecule has 2 aromatic rings. The first-order valence-corrected chi connectivity index (χ1v) is 12.7. The van der Waals surface area contributed by atoms with Gasteiger partial charge >= 0.3 is 0 Å². The largest absolute Gasteiger partial charge is 0.356 e. The lowest BCUT2D eigenvalue weighted by Gasteiger charge is -2.38. The zero-order chi connectivity index (χ0) is 22.3. The highest BCUT2D eigenvalue weighted by Gasteiger charge is 2.45. The summed E-state index contributed by atoms with van der Waals surface area (Å²) in [5, 5.41) is 0. The summed E-state index contributed by atoms with van der Waals surface area (Å²) < 4.78 is 6.19. The standard InChI is InChI=1S/C27H37NO2S/c1-5-27(4,18-22-12-8-6-9-13-22)26(29)28-24(21(2)3)19-30-25(28)16-17-31-20-23-14-10-7-11-15-23/h6-15,21,24-25H,5,16-20H2,1-4H3/t24-,25-,27-/m1/s1. The summed E-state index contributed by atoms with van der Waals surface area (Å²) in [7, 11) is 0. The maximum absolute atomic E-state index is 13.9. The van der Waals surface area contributed by atoms with Crippen molar-refractivity contribution in [3.8, 4) is 0 Å². The van der Waals surface area contributed by atoms with Crippen molar-refractivity contribution in [2.75, 3.05) is 12.4 Å². The van der Waals surface area contributed by atoms with Crippen LogP contribution in [0.15, 0.2) is 60.7 Å². The van der Waals surface area contributed by atoms with Crippen LogP contribution in [0.25, 0.3) is 0 Å². The summed E-state index contributed by atoms with van der Waals surface area (Å²) in [6, 6.07) is 21.1. The topological polar surface area (TPSA) is 29.5 Å². The molecule has 0 saturated carbocycles. The highest BCUT2D eigenvalue weighted by molar-refractivity contribution is 7.98. The van der Waals surface area contributed by atoms with Crippen LogP contribution < -0.4 is 0 Å². The second kappa shape index (κ2) is 11.2. The number of benzene rings is 2. The first-order valence-electron chi connectivity index (χ1n) is 11.5. The molecular weight excluding hydrogens is 402 g/mol. The minimum absolute atomic E-state index is 0.121. The zero-order valence-electron chi connectivity index (χ0n) is 19.4. The number of thioether (sulfide) groups is 1. The molecule has 1 aliphatic heterocycles. The zero-order valence-corrected chi connectivity index (χ0v) is 20.2. The molecular formula is C27H37NO2S. The number of carbonyl (C=O) groups excluding carboxylic acids is 1. The van der Waals surface area contributed by atoms with Gasteiger partial charge in [-0.05, 0) is 35.6 Å². The van der Waals surface area contributed by atoms with Crippen LogP contribution in [0.4, 0.5) is 0 Å². The Morgan fingerprint density at radius 3 is 2.29 bits per heavy atom. The first kappa shape index (κ1) is 23.9. The molecule has 2 aromatic carbocycles. The van der Waals surface area contributed by atoms with Gasteiger partial charge in [0.2, 0.25) is 5.91 Å². The molecule has 0 N–H and O–H groups in total. The number of carbonyl (C=O) groups is 1. The minimum atomic E-state index is -0.419. The van der Waals surface area contributed by atoms with Crippen molar-refractivity contribution in [2.24, 2.45) is 11.3 Å². The summed E-state index contributed by atoms with van der Waals surface area (Å²) in [6.07, 6.45) is 2.33. The normalized spacial score (nSPS) is 20.7. The van der Waals surface area contributed by atoms with Crippen LogP contribution in [0.5, 0.6) is 0 Å². The molecule has 1 aliphatic rings. The lowest BCUT2D eigenvalue weighted by Crippen LogP contribution is -2.51. The smallest absolute Gasteiger partial charge is 0.231 e. The van der Waals surface area contributed by atoms with Gasteiger partial charge in [-0.1, -0.05) is 88.4 Å². The third kappa shape index (κ3) is 6.14. The molecule has 1 saturated heterocycles. The molecule has 0 radical (unpaired) electrons. The van der Waals surface area contributed by atoms with E-state index in [0.717, 1.165) is 30.8 Å². The number of amides is 1. The predicted molar refractivity (Wildman–Crippen MR) is 131 cm³/mol.